The minimum atomic E-state index is -1.77. The van der Waals surface area contributed by atoms with Crippen molar-refractivity contribution in [2.24, 2.45) is 0 Å². The van der Waals surface area contributed by atoms with Gasteiger partial charge in [0.25, 0.3) is 0 Å². The zero-order chi connectivity index (χ0) is 47.5. The smallest absolute Gasteiger partial charge is 0.306 e. The molecule has 0 amide bonds. The van der Waals surface area contributed by atoms with Crippen molar-refractivity contribution in [1.82, 2.24) is 0 Å². The summed E-state index contributed by atoms with van der Waals surface area (Å²) in [6.45, 7) is 2.50. The normalized spacial score (nSPS) is 26.7. The molecule has 15 heteroatoms. The fourth-order valence-electron chi connectivity index (χ4n) is 7.66. The van der Waals surface area contributed by atoms with Crippen LogP contribution in [0.15, 0.2) is 36.5 Å². The molecule has 2 rings (SSSR count). The molecule has 0 radical (unpaired) electrons. The second kappa shape index (κ2) is 37.7. The lowest BCUT2D eigenvalue weighted by Crippen LogP contribution is -2.61. The molecule has 11 atom stereocenters. The second-order valence-electron chi connectivity index (χ2n) is 17.6. The van der Waals surface area contributed by atoms with E-state index in [9.17, 15) is 45.3 Å². The maximum atomic E-state index is 12.9. The van der Waals surface area contributed by atoms with Gasteiger partial charge in [-0.1, -0.05) is 134 Å². The van der Waals surface area contributed by atoms with Gasteiger partial charge in [0.2, 0.25) is 0 Å². The number of allylic oxidation sites excluding steroid dienone is 6. The number of hydrogen-bond acceptors (Lipinski definition) is 15. The molecular weight excluding hydrogens is 841 g/mol. The molecule has 4 unspecified atom stereocenters. The van der Waals surface area contributed by atoms with E-state index in [4.69, 9.17) is 28.4 Å². The zero-order valence-corrected chi connectivity index (χ0v) is 39.7. The highest BCUT2D eigenvalue weighted by atomic mass is 16.7. The van der Waals surface area contributed by atoms with Crippen LogP contribution in [0.25, 0.3) is 0 Å². The number of carbonyl (C=O) groups is 2. The summed E-state index contributed by atoms with van der Waals surface area (Å²) in [6, 6.07) is 0. The van der Waals surface area contributed by atoms with E-state index >= 15 is 0 Å². The number of ether oxygens (including phenoxy) is 6. The Bertz CT molecular complexity index is 1280. The lowest BCUT2D eigenvalue weighted by molar-refractivity contribution is -0.332. The Labute approximate surface area is 389 Å². The third-order valence-electron chi connectivity index (χ3n) is 11.8. The molecule has 2 heterocycles. The van der Waals surface area contributed by atoms with E-state index in [-0.39, 0.29) is 19.4 Å². The van der Waals surface area contributed by atoms with E-state index in [0.29, 0.717) is 19.3 Å². The number of aliphatic hydroxyl groups is 7. The molecule has 7 N–H and O–H groups in total. The molecule has 2 aliphatic heterocycles. The van der Waals surface area contributed by atoms with Gasteiger partial charge in [-0.3, -0.25) is 9.59 Å². The molecule has 0 bridgehead atoms. The summed E-state index contributed by atoms with van der Waals surface area (Å²) >= 11 is 0. The summed E-state index contributed by atoms with van der Waals surface area (Å²) in [7, 11) is 0. The van der Waals surface area contributed by atoms with Crippen LogP contribution < -0.4 is 0 Å². The predicted octanol–water partition coefficient (Wildman–Crippen LogP) is 6.54. The number of carbonyl (C=O) groups excluding carboxylic acids is 2. The second-order valence-corrected chi connectivity index (χ2v) is 17.6. The van der Waals surface area contributed by atoms with Crippen molar-refractivity contribution in [1.29, 1.82) is 0 Å². The Morgan fingerprint density at radius 1 is 0.492 bits per heavy atom. The molecule has 0 aliphatic carbocycles. The van der Waals surface area contributed by atoms with Gasteiger partial charge in [-0.15, -0.1) is 0 Å². The third-order valence-corrected chi connectivity index (χ3v) is 11.8. The van der Waals surface area contributed by atoms with E-state index in [1.807, 2.05) is 6.08 Å². The summed E-state index contributed by atoms with van der Waals surface area (Å²) in [6.07, 6.45) is 21.9. The van der Waals surface area contributed by atoms with Gasteiger partial charge in [-0.2, -0.15) is 0 Å². The van der Waals surface area contributed by atoms with Crippen LogP contribution in [-0.4, -0.2) is 142 Å². The molecule has 2 saturated heterocycles. The van der Waals surface area contributed by atoms with Gasteiger partial charge < -0.3 is 64.2 Å². The average Bonchev–Trinajstić information content (AvgIpc) is 3.30. The van der Waals surface area contributed by atoms with Crippen molar-refractivity contribution in [2.75, 3.05) is 26.4 Å². The van der Waals surface area contributed by atoms with Crippen molar-refractivity contribution in [3.63, 3.8) is 0 Å². The van der Waals surface area contributed by atoms with Crippen LogP contribution in [0, 0.1) is 0 Å². The Hall–Kier alpha value is -2.28. The number of aliphatic hydroxyl groups excluding tert-OH is 7. The van der Waals surface area contributed by atoms with E-state index < -0.39 is 99.3 Å². The lowest BCUT2D eigenvalue weighted by Gasteiger charge is -2.42. The van der Waals surface area contributed by atoms with Gasteiger partial charge >= 0.3 is 11.9 Å². The van der Waals surface area contributed by atoms with Crippen LogP contribution in [0.4, 0.5) is 0 Å². The van der Waals surface area contributed by atoms with Crippen LogP contribution >= 0.6 is 0 Å². The quantitative estimate of drug-likeness (QED) is 0.0198. The van der Waals surface area contributed by atoms with Crippen molar-refractivity contribution >= 4 is 11.9 Å². The van der Waals surface area contributed by atoms with E-state index in [0.717, 1.165) is 51.4 Å². The molecule has 0 aromatic heterocycles. The number of hydrogen-bond donors (Lipinski definition) is 7. The minimum absolute atomic E-state index is 0.146. The maximum Gasteiger partial charge on any atom is 0.306 e. The van der Waals surface area contributed by atoms with Gasteiger partial charge in [-0.05, 0) is 64.2 Å². The summed E-state index contributed by atoms with van der Waals surface area (Å²) in [5.74, 6) is -0.989. The number of esters is 2. The van der Waals surface area contributed by atoms with E-state index in [2.05, 4.69) is 44.2 Å². The molecule has 2 fully saturated rings. The van der Waals surface area contributed by atoms with Gasteiger partial charge in [0.05, 0.1) is 19.8 Å². The Morgan fingerprint density at radius 3 is 1.52 bits per heavy atom. The topological polar surface area (TPSA) is 231 Å². The van der Waals surface area contributed by atoms with Crippen LogP contribution in [0.5, 0.6) is 0 Å². The molecular formula is C50H88O15. The fourth-order valence-corrected chi connectivity index (χ4v) is 7.66. The highest BCUT2D eigenvalue weighted by Crippen LogP contribution is 2.26. The van der Waals surface area contributed by atoms with Crippen LogP contribution in [0.2, 0.25) is 0 Å². The molecule has 378 valence electrons. The number of unbranched alkanes of at least 4 members (excludes halogenated alkanes) is 18. The fraction of sp³-hybridized carbons (Fsp3) is 0.840. The van der Waals surface area contributed by atoms with Gasteiger partial charge in [-0.25, -0.2) is 0 Å². The first-order valence-electron chi connectivity index (χ1n) is 25.1. The monoisotopic (exact) mass is 929 g/mol. The Morgan fingerprint density at radius 2 is 0.938 bits per heavy atom. The first-order valence-corrected chi connectivity index (χ1v) is 25.1. The molecule has 65 heavy (non-hydrogen) atoms. The number of rotatable bonds is 38. The largest absolute Gasteiger partial charge is 0.462 e. The minimum Gasteiger partial charge on any atom is -0.462 e. The summed E-state index contributed by atoms with van der Waals surface area (Å²) in [4.78, 5) is 25.7. The first kappa shape index (κ1) is 58.8. The van der Waals surface area contributed by atoms with Crippen molar-refractivity contribution in [2.45, 2.75) is 242 Å². The highest BCUT2D eigenvalue weighted by Gasteiger charge is 2.47. The van der Waals surface area contributed by atoms with E-state index in [1.54, 1.807) is 0 Å². The predicted molar refractivity (Wildman–Crippen MR) is 247 cm³/mol. The van der Waals surface area contributed by atoms with Crippen molar-refractivity contribution in [3.8, 4) is 0 Å². The third kappa shape index (κ3) is 26.2. The maximum absolute atomic E-state index is 12.9. The SMILES string of the molecule is CCCCC/C=C/CCCCCCCC(=O)O[C@@H](COC(=O)CCC/C=C/C/C=C/CCCCCCCCCCC)CO[C@@H]1O[C@H](CO[C@@H]2O[C@H](CO)[C@H](O)C(O)C2O)[C@H](O)C(O)C1O. The van der Waals surface area contributed by atoms with Gasteiger partial charge in [0, 0.05) is 12.8 Å². The molecule has 0 aromatic rings. The molecule has 0 aromatic carbocycles. The van der Waals surface area contributed by atoms with E-state index in [1.165, 1.54) is 77.0 Å². The lowest BCUT2D eigenvalue weighted by atomic mass is 9.98. The van der Waals surface area contributed by atoms with Crippen molar-refractivity contribution in [3.05, 3.63) is 36.5 Å². The summed E-state index contributed by atoms with van der Waals surface area (Å²) in [5.41, 5.74) is 0. The molecule has 2 aliphatic rings. The van der Waals surface area contributed by atoms with Gasteiger partial charge in [0.15, 0.2) is 18.7 Å². The molecule has 0 saturated carbocycles. The average molecular weight is 929 g/mol. The van der Waals surface area contributed by atoms with Gasteiger partial charge in [0.1, 0.15) is 55.4 Å². The van der Waals surface area contributed by atoms with Crippen LogP contribution in [-0.2, 0) is 38.0 Å². The van der Waals surface area contributed by atoms with Crippen LogP contribution in [0.1, 0.15) is 174 Å². The van der Waals surface area contributed by atoms with Crippen molar-refractivity contribution < 1.29 is 73.8 Å². The summed E-state index contributed by atoms with van der Waals surface area (Å²) in [5, 5.41) is 72.0. The summed E-state index contributed by atoms with van der Waals surface area (Å²) < 4.78 is 33.5. The Balaban J connectivity index is 1.83. The molecule has 15 nitrogen and oxygen atoms in total. The zero-order valence-electron chi connectivity index (χ0n) is 39.7. The standard InChI is InChI=1S/C50H88O15/c1-3-5-7-9-11-13-15-17-18-19-20-21-23-24-26-28-30-32-41(52)60-35-38(63-42(53)33-31-29-27-25-22-16-14-12-10-8-6-4-2)36-61-49-48(59)46(57)44(55)40(65-49)37-62-50-47(58)45(56)43(54)39(34-51)64-50/h12,14,20-21,24,26,38-40,43-51,54-59H,3-11,13,15-19,22-23,25,27-37H2,1-2H3/b14-12+,21-20+,26-24+/t38-,39+,40+,43-,44-,45?,46?,47?,48?,49+,50+/m0/s1. The highest BCUT2D eigenvalue weighted by molar-refractivity contribution is 5.70. The Kier molecular flexibility index (Phi) is 34.1. The first-order chi connectivity index (χ1) is 31.5. The molecule has 0 spiro atoms. The van der Waals surface area contributed by atoms with Crippen LogP contribution in [0.3, 0.4) is 0 Å².